The van der Waals surface area contributed by atoms with Gasteiger partial charge < -0.3 is 9.47 Å². The van der Waals surface area contributed by atoms with E-state index in [1.165, 1.54) is 27.2 Å². The summed E-state index contributed by atoms with van der Waals surface area (Å²) in [6, 6.07) is 3.27. The van der Waals surface area contributed by atoms with Crippen LogP contribution < -0.4 is 9.47 Å². The Hall–Kier alpha value is -2.11. The maximum Gasteiger partial charge on any atom is 0.245 e. The van der Waals surface area contributed by atoms with Crippen molar-refractivity contribution in [3.63, 3.8) is 0 Å². The summed E-state index contributed by atoms with van der Waals surface area (Å²) in [5.41, 5.74) is 0.357. The number of aromatic nitrogens is 1. The quantitative estimate of drug-likeness (QED) is 0.575. The molecule has 6 heteroatoms. The summed E-state index contributed by atoms with van der Waals surface area (Å²) in [4.78, 5) is 14.1. The van der Waals surface area contributed by atoms with Gasteiger partial charge in [-0.1, -0.05) is 0 Å². The van der Waals surface area contributed by atoms with Crippen molar-refractivity contribution >= 4 is 6.08 Å². The molecule has 16 heavy (non-hydrogen) atoms. The first-order valence-corrected chi connectivity index (χ1v) is 4.50. The molecule has 1 aromatic rings. The lowest BCUT2D eigenvalue weighted by Gasteiger charge is -2.05. The number of rotatable bonds is 4. The lowest BCUT2D eigenvalue weighted by atomic mass is 10.3. The van der Waals surface area contributed by atoms with Gasteiger partial charge in [0, 0.05) is 19.1 Å². The number of allylic oxidation sites excluding steroid dienone is 1. The summed E-state index contributed by atoms with van der Waals surface area (Å²) in [6.45, 7) is 1.39. The molecule has 0 spiro atoms. The third-order valence-electron chi connectivity index (χ3n) is 1.92. The van der Waals surface area contributed by atoms with E-state index in [0.717, 1.165) is 0 Å². The van der Waals surface area contributed by atoms with Crippen molar-refractivity contribution in [2.24, 2.45) is 0 Å². The molecule has 0 bridgehead atoms. The highest BCUT2D eigenvalue weighted by atomic mass is 16.6. The van der Waals surface area contributed by atoms with Crippen molar-refractivity contribution in [3.8, 4) is 11.6 Å². The fourth-order valence-corrected chi connectivity index (χ4v) is 1.08. The molecule has 1 rings (SSSR count). The maximum absolute atomic E-state index is 10.5. The molecule has 0 radical (unpaired) electrons. The Morgan fingerprint density at radius 1 is 1.44 bits per heavy atom. The molecule has 0 aromatic carbocycles. The minimum atomic E-state index is -0.486. The van der Waals surface area contributed by atoms with E-state index in [-0.39, 0.29) is 5.70 Å². The van der Waals surface area contributed by atoms with Crippen LogP contribution >= 0.6 is 0 Å². The van der Waals surface area contributed by atoms with E-state index in [1.807, 2.05) is 0 Å². The second-order valence-corrected chi connectivity index (χ2v) is 2.98. The molecule has 1 heterocycles. The van der Waals surface area contributed by atoms with E-state index in [4.69, 9.17) is 9.47 Å². The first kappa shape index (κ1) is 12.0. The molecule has 0 amide bonds. The number of hydrogen-bond donors (Lipinski definition) is 0. The van der Waals surface area contributed by atoms with Gasteiger partial charge in [-0.05, 0) is 6.07 Å². The Kier molecular flexibility index (Phi) is 3.82. The summed E-state index contributed by atoms with van der Waals surface area (Å²) in [6.07, 6.45) is 1.33. The average molecular weight is 224 g/mol. The molecule has 0 aliphatic heterocycles. The second kappa shape index (κ2) is 5.11. The van der Waals surface area contributed by atoms with Crippen LogP contribution in [0.2, 0.25) is 0 Å². The molecule has 0 fully saturated rings. The van der Waals surface area contributed by atoms with Gasteiger partial charge in [-0.3, -0.25) is 10.1 Å². The van der Waals surface area contributed by atoms with Gasteiger partial charge in [0.2, 0.25) is 11.6 Å². The molecule has 86 valence electrons. The standard InChI is InChI=1S/C10H12N2O4/c1-7(12(13)14)6-8-9(15-2)4-5-10(11-8)16-3/h4-6H,1-3H3. The monoisotopic (exact) mass is 224 g/mol. The van der Waals surface area contributed by atoms with Gasteiger partial charge in [-0.15, -0.1) is 0 Å². The van der Waals surface area contributed by atoms with E-state index >= 15 is 0 Å². The number of ether oxygens (including phenoxy) is 2. The highest BCUT2D eigenvalue weighted by Gasteiger charge is 2.09. The first-order chi connectivity index (χ1) is 7.58. The van der Waals surface area contributed by atoms with Crippen LogP contribution in [0.25, 0.3) is 6.08 Å². The van der Waals surface area contributed by atoms with E-state index in [0.29, 0.717) is 17.3 Å². The van der Waals surface area contributed by atoms with Gasteiger partial charge >= 0.3 is 0 Å². The molecule has 0 unspecified atom stereocenters. The Bertz CT molecular complexity index is 429. The molecule has 0 saturated heterocycles. The van der Waals surface area contributed by atoms with E-state index < -0.39 is 4.92 Å². The van der Waals surface area contributed by atoms with Gasteiger partial charge in [-0.2, -0.15) is 0 Å². The minimum absolute atomic E-state index is 0.0148. The largest absolute Gasteiger partial charge is 0.494 e. The van der Waals surface area contributed by atoms with E-state index in [9.17, 15) is 10.1 Å². The molecule has 0 aliphatic rings. The van der Waals surface area contributed by atoms with Gasteiger partial charge in [0.1, 0.15) is 11.4 Å². The molecular weight excluding hydrogens is 212 g/mol. The second-order valence-electron chi connectivity index (χ2n) is 2.98. The van der Waals surface area contributed by atoms with Crippen molar-refractivity contribution in [2.75, 3.05) is 14.2 Å². The van der Waals surface area contributed by atoms with Crippen LogP contribution in [-0.4, -0.2) is 24.1 Å². The van der Waals surface area contributed by atoms with Crippen molar-refractivity contribution in [1.82, 2.24) is 4.98 Å². The zero-order valence-corrected chi connectivity index (χ0v) is 9.26. The highest BCUT2D eigenvalue weighted by Crippen LogP contribution is 2.22. The Balaban J connectivity index is 3.19. The van der Waals surface area contributed by atoms with Gasteiger partial charge in [-0.25, -0.2) is 4.98 Å². The highest BCUT2D eigenvalue weighted by molar-refractivity contribution is 5.55. The van der Waals surface area contributed by atoms with E-state index in [2.05, 4.69) is 4.98 Å². The number of pyridine rings is 1. The third-order valence-corrected chi connectivity index (χ3v) is 1.92. The maximum atomic E-state index is 10.5. The SMILES string of the molecule is COc1ccc(OC)c(C=C(C)[N+](=O)[O-])n1. The van der Waals surface area contributed by atoms with Crippen LogP contribution in [0.15, 0.2) is 17.8 Å². The van der Waals surface area contributed by atoms with Crippen LogP contribution in [-0.2, 0) is 0 Å². The summed E-state index contributed by atoms with van der Waals surface area (Å²) in [5, 5.41) is 10.5. The molecular formula is C10H12N2O4. The first-order valence-electron chi connectivity index (χ1n) is 4.50. The number of nitrogens with zero attached hydrogens (tertiary/aromatic N) is 2. The van der Waals surface area contributed by atoms with Crippen molar-refractivity contribution in [1.29, 1.82) is 0 Å². The number of methoxy groups -OCH3 is 2. The van der Waals surface area contributed by atoms with Crippen LogP contribution in [0, 0.1) is 10.1 Å². The topological polar surface area (TPSA) is 74.5 Å². The van der Waals surface area contributed by atoms with Crippen molar-refractivity contribution < 1.29 is 14.4 Å². The normalized spacial score (nSPS) is 11.1. The molecule has 0 saturated carbocycles. The van der Waals surface area contributed by atoms with Crippen LogP contribution in [0.4, 0.5) is 0 Å². The molecule has 0 aliphatic carbocycles. The summed E-state index contributed by atoms with van der Waals surface area (Å²) < 4.78 is 9.97. The van der Waals surface area contributed by atoms with Crippen LogP contribution in [0.5, 0.6) is 11.6 Å². The van der Waals surface area contributed by atoms with Crippen molar-refractivity contribution in [2.45, 2.75) is 6.92 Å². The van der Waals surface area contributed by atoms with Crippen molar-refractivity contribution in [3.05, 3.63) is 33.6 Å². The Labute approximate surface area is 92.7 Å². The Morgan fingerprint density at radius 2 is 2.12 bits per heavy atom. The predicted molar refractivity (Wildman–Crippen MR) is 58.0 cm³/mol. The summed E-state index contributed by atoms with van der Waals surface area (Å²) in [5.74, 6) is 0.838. The van der Waals surface area contributed by atoms with Gasteiger partial charge in [0.25, 0.3) is 0 Å². The minimum Gasteiger partial charge on any atom is -0.494 e. The zero-order valence-electron chi connectivity index (χ0n) is 9.26. The van der Waals surface area contributed by atoms with Gasteiger partial charge in [0.05, 0.1) is 19.1 Å². The van der Waals surface area contributed by atoms with Crippen LogP contribution in [0.1, 0.15) is 12.6 Å². The van der Waals surface area contributed by atoms with Crippen LogP contribution in [0.3, 0.4) is 0 Å². The smallest absolute Gasteiger partial charge is 0.245 e. The number of hydrogen-bond acceptors (Lipinski definition) is 5. The Morgan fingerprint density at radius 3 is 2.62 bits per heavy atom. The fraction of sp³-hybridized carbons (Fsp3) is 0.300. The molecule has 6 nitrogen and oxygen atoms in total. The lowest BCUT2D eigenvalue weighted by molar-refractivity contribution is -0.422. The molecule has 0 N–H and O–H groups in total. The zero-order chi connectivity index (χ0) is 12.1. The lowest BCUT2D eigenvalue weighted by Crippen LogP contribution is -1.97. The summed E-state index contributed by atoms with van der Waals surface area (Å²) in [7, 11) is 2.95. The number of nitro groups is 1. The average Bonchev–Trinajstić information content (AvgIpc) is 2.28. The fourth-order valence-electron chi connectivity index (χ4n) is 1.08. The molecule has 1 aromatic heterocycles. The predicted octanol–water partition coefficient (Wildman–Crippen LogP) is 1.74. The molecule has 0 atom stereocenters. The third kappa shape index (κ3) is 2.69. The summed E-state index contributed by atoms with van der Waals surface area (Å²) >= 11 is 0. The van der Waals surface area contributed by atoms with Gasteiger partial charge in [0.15, 0.2) is 0 Å². The van der Waals surface area contributed by atoms with E-state index in [1.54, 1.807) is 12.1 Å².